The van der Waals surface area contributed by atoms with Crippen LogP contribution < -0.4 is 0 Å². The fourth-order valence-corrected chi connectivity index (χ4v) is 4.59. The van der Waals surface area contributed by atoms with Gasteiger partial charge in [0.05, 0.1) is 6.61 Å². The van der Waals surface area contributed by atoms with Crippen LogP contribution in [-0.4, -0.2) is 54.7 Å². The van der Waals surface area contributed by atoms with Crippen LogP contribution in [0.15, 0.2) is 12.2 Å². The topological polar surface area (TPSA) is 32.8 Å². The number of hydrogen-bond acceptors (Lipinski definition) is 3. The van der Waals surface area contributed by atoms with Gasteiger partial charge in [-0.2, -0.15) is 0 Å². The van der Waals surface area contributed by atoms with E-state index in [4.69, 9.17) is 4.74 Å². The minimum atomic E-state index is -0.120. The van der Waals surface area contributed by atoms with E-state index in [1.807, 2.05) is 11.8 Å². The highest BCUT2D eigenvalue weighted by atomic mass is 16.6. The maximum absolute atomic E-state index is 11.8. The minimum absolute atomic E-state index is 0.120. The van der Waals surface area contributed by atoms with Gasteiger partial charge < -0.3 is 14.5 Å². The maximum Gasteiger partial charge on any atom is 0.409 e. The summed E-state index contributed by atoms with van der Waals surface area (Å²) in [6.07, 6.45) is 6.11. The molecule has 0 radical (unpaired) electrons. The molecule has 1 saturated carbocycles. The molecule has 4 nitrogen and oxygen atoms in total. The number of carbonyl (C=O) groups excluding carboxylic acids is 1. The van der Waals surface area contributed by atoms with Gasteiger partial charge >= 0.3 is 6.09 Å². The Labute approximate surface area is 134 Å². The molecule has 2 saturated heterocycles. The van der Waals surface area contributed by atoms with Crippen molar-refractivity contribution < 1.29 is 9.53 Å². The van der Waals surface area contributed by atoms with Gasteiger partial charge in [-0.3, -0.25) is 0 Å². The summed E-state index contributed by atoms with van der Waals surface area (Å²) in [5.74, 6) is 0.732. The zero-order valence-electron chi connectivity index (χ0n) is 14.1. The van der Waals surface area contributed by atoms with Crippen molar-refractivity contribution in [2.75, 3.05) is 32.8 Å². The first kappa shape index (κ1) is 15.9. The van der Waals surface area contributed by atoms with E-state index >= 15 is 0 Å². The van der Waals surface area contributed by atoms with Crippen LogP contribution in [0.3, 0.4) is 0 Å². The molecule has 3 rings (SSSR count). The van der Waals surface area contributed by atoms with Crippen LogP contribution in [-0.2, 0) is 4.74 Å². The third-order valence-corrected chi connectivity index (χ3v) is 6.04. The molecule has 2 heterocycles. The number of rotatable bonds is 3. The van der Waals surface area contributed by atoms with Crippen LogP contribution in [0.1, 0.15) is 46.0 Å². The van der Waals surface area contributed by atoms with Crippen LogP contribution in [0.2, 0.25) is 0 Å². The molecule has 0 bridgehead atoms. The Balaban J connectivity index is 1.45. The number of likely N-dealkylation sites (tertiary alicyclic amines) is 2. The molecular weight excluding hydrogens is 276 g/mol. The van der Waals surface area contributed by atoms with Crippen LogP contribution in [0.4, 0.5) is 4.79 Å². The molecule has 22 heavy (non-hydrogen) atoms. The molecule has 0 aromatic rings. The second kappa shape index (κ2) is 6.23. The molecule has 0 aromatic carbocycles. The molecule has 0 aromatic heterocycles. The Morgan fingerprint density at radius 2 is 1.95 bits per heavy atom. The molecule has 0 atom stereocenters. The van der Waals surface area contributed by atoms with Crippen LogP contribution in [0.5, 0.6) is 0 Å². The Kier molecular flexibility index (Phi) is 4.49. The number of ether oxygens (including phenoxy) is 1. The monoisotopic (exact) mass is 306 g/mol. The number of piperidine rings is 1. The van der Waals surface area contributed by atoms with Crippen LogP contribution >= 0.6 is 0 Å². The van der Waals surface area contributed by atoms with E-state index in [0.29, 0.717) is 12.0 Å². The highest BCUT2D eigenvalue weighted by Crippen LogP contribution is 2.50. The maximum atomic E-state index is 11.8. The van der Waals surface area contributed by atoms with Crippen molar-refractivity contribution in [3.63, 3.8) is 0 Å². The average Bonchev–Trinajstić information content (AvgIpc) is 2.91. The van der Waals surface area contributed by atoms with Gasteiger partial charge in [-0.1, -0.05) is 12.2 Å². The molecule has 0 unspecified atom stereocenters. The third kappa shape index (κ3) is 3.03. The summed E-state index contributed by atoms with van der Waals surface area (Å²) in [6, 6.07) is 0.744. The quantitative estimate of drug-likeness (QED) is 0.750. The van der Waals surface area contributed by atoms with Gasteiger partial charge in [-0.05, 0) is 70.4 Å². The number of amides is 1. The van der Waals surface area contributed by atoms with Gasteiger partial charge in [0.1, 0.15) is 0 Å². The molecule has 3 aliphatic rings. The summed E-state index contributed by atoms with van der Waals surface area (Å²) in [4.78, 5) is 16.4. The van der Waals surface area contributed by atoms with E-state index in [1.54, 1.807) is 0 Å². The lowest BCUT2D eigenvalue weighted by molar-refractivity contribution is -0.00700. The first-order valence-electron chi connectivity index (χ1n) is 8.84. The van der Waals surface area contributed by atoms with E-state index in [9.17, 15) is 4.79 Å². The summed E-state index contributed by atoms with van der Waals surface area (Å²) in [6.45, 7) is 12.9. The summed E-state index contributed by atoms with van der Waals surface area (Å²) >= 11 is 0. The predicted octanol–water partition coefficient (Wildman–Crippen LogP) is 3.29. The summed E-state index contributed by atoms with van der Waals surface area (Å²) in [5.41, 5.74) is 1.74. The number of carbonyl (C=O) groups is 1. The van der Waals surface area contributed by atoms with Gasteiger partial charge in [-0.15, -0.1) is 0 Å². The zero-order valence-corrected chi connectivity index (χ0v) is 14.1. The summed E-state index contributed by atoms with van der Waals surface area (Å²) in [5, 5.41) is 0. The van der Waals surface area contributed by atoms with E-state index in [0.717, 1.165) is 31.5 Å². The van der Waals surface area contributed by atoms with Crippen molar-refractivity contribution in [3.8, 4) is 0 Å². The molecular formula is C18H30N2O2. The van der Waals surface area contributed by atoms with Gasteiger partial charge in [0.25, 0.3) is 0 Å². The Morgan fingerprint density at radius 1 is 1.27 bits per heavy atom. The van der Waals surface area contributed by atoms with E-state index < -0.39 is 0 Å². The first-order chi connectivity index (χ1) is 10.5. The normalized spacial score (nSPS) is 33.0. The van der Waals surface area contributed by atoms with Crippen molar-refractivity contribution in [3.05, 3.63) is 12.2 Å². The number of nitrogens with zero attached hydrogens (tertiary/aromatic N) is 2. The minimum Gasteiger partial charge on any atom is -0.450 e. The van der Waals surface area contributed by atoms with Gasteiger partial charge in [0, 0.05) is 19.1 Å². The lowest BCUT2D eigenvalue weighted by Crippen LogP contribution is -2.54. The fourth-order valence-electron chi connectivity index (χ4n) is 4.59. The molecule has 1 amide bonds. The SMILES string of the molecule is C=C(C)C1CCN(C2CC3(CCN(C(=O)OCC)C3)C2)CC1. The summed E-state index contributed by atoms with van der Waals surface area (Å²) < 4.78 is 5.13. The lowest BCUT2D eigenvalue weighted by Gasteiger charge is -2.51. The van der Waals surface area contributed by atoms with Crippen molar-refractivity contribution in [2.45, 2.75) is 52.0 Å². The molecule has 2 aliphatic heterocycles. The Morgan fingerprint density at radius 3 is 2.55 bits per heavy atom. The summed E-state index contributed by atoms with van der Waals surface area (Å²) in [7, 11) is 0. The average molecular weight is 306 g/mol. The predicted molar refractivity (Wildman–Crippen MR) is 87.8 cm³/mol. The van der Waals surface area contributed by atoms with Gasteiger partial charge in [0.15, 0.2) is 0 Å². The molecule has 124 valence electrons. The van der Waals surface area contributed by atoms with Crippen LogP contribution in [0.25, 0.3) is 0 Å². The molecule has 1 spiro atoms. The smallest absolute Gasteiger partial charge is 0.409 e. The number of hydrogen-bond donors (Lipinski definition) is 0. The van der Waals surface area contributed by atoms with Crippen LogP contribution in [0, 0.1) is 11.3 Å². The standard InChI is InChI=1S/C18H30N2O2/c1-4-22-17(21)20-10-7-18(13-20)11-16(12-18)19-8-5-15(6-9-19)14(2)3/h15-16H,2,4-13H2,1,3H3. The highest BCUT2D eigenvalue weighted by molar-refractivity contribution is 5.68. The van der Waals surface area contributed by atoms with Crippen molar-refractivity contribution in [2.24, 2.45) is 11.3 Å². The zero-order chi connectivity index (χ0) is 15.7. The lowest BCUT2D eigenvalue weighted by atomic mass is 9.64. The first-order valence-corrected chi connectivity index (χ1v) is 8.84. The third-order valence-electron chi connectivity index (χ3n) is 6.04. The van der Waals surface area contributed by atoms with E-state index in [-0.39, 0.29) is 6.09 Å². The second-order valence-corrected chi connectivity index (χ2v) is 7.59. The fraction of sp³-hybridized carbons (Fsp3) is 0.833. The van der Waals surface area contributed by atoms with Gasteiger partial charge in [0.2, 0.25) is 0 Å². The van der Waals surface area contributed by atoms with E-state index in [1.165, 1.54) is 44.3 Å². The van der Waals surface area contributed by atoms with Crippen molar-refractivity contribution in [1.29, 1.82) is 0 Å². The Hall–Kier alpha value is -1.03. The van der Waals surface area contributed by atoms with Crippen molar-refractivity contribution in [1.82, 2.24) is 9.80 Å². The van der Waals surface area contributed by atoms with Crippen molar-refractivity contribution >= 4 is 6.09 Å². The molecule has 4 heteroatoms. The molecule has 1 aliphatic carbocycles. The Bertz CT molecular complexity index is 434. The molecule has 0 N–H and O–H groups in total. The largest absolute Gasteiger partial charge is 0.450 e. The second-order valence-electron chi connectivity index (χ2n) is 7.59. The number of allylic oxidation sites excluding steroid dienone is 1. The molecule has 3 fully saturated rings. The van der Waals surface area contributed by atoms with Gasteiger partial charge in [-0.25, -0.2) is 4.79 Å². The highest BCUT2D eigenvalue weighted by Gasteiger charge is 2.51. The van der Waals surface area contributed by atoms with E-state index in [2.05, 4.69) is 18.4 Å².